The number of nitrogens with one attached hydrogen (secondary N) is 1. The maximum absolute atomic E-state index is 12.6. The van der Waals surface area contributed by atoms with Crippen LogP contribution in [0.5, 0.6) is 0 Å². The number of aromatic amines is 1. The van der Waals surface area contributed by atoms with E-state index in [0.717, 1.165) is 11.1 Å². The summed E-state index contributed by atoms with van der Waals surface area (Å²) in [6, 6.07) is 7.46. The molecule has 6 heteroatoms. The number of aromatic nitrogens is 2. The summed E-state index contributed by atoms with van der Waals surface area (Å²) in [7, 11) is 3.77. The van der Waals surface area contributed by atoms with Crippen LogP contribution in [0.3, 0.4) is 0 Å². The number of hydrogen-bond acceptors (Lipinski definition) is 3. The van der Waals surface area contributed by atoms with E-state index in [-0.39, 0.29) is 10.7 Å². The minimum Gasteiger partial charge on any atom is -0.308 e. The van der Waals surface area contributed by atoms with Gasteiger partial charge in [0.1, 0.15) is 5.15 Å². The molecule has 2 rings (SSSR count). The monoisotopic (exact) mass is 307 g/mol. The fourth-order valence-corrected chi connectivity index (χ4v) is 2.40. The molecular formula is C15H18ClN3O2. The lowest BCUT2D eigenvalue weighted by Gasteiger charge is -2.13. The normalized spacial score (nSPS) is 11.1. The average molecular weight is 308 g/mol. The smallest absolute Gasteiger partial charge is 0.308 e. The first-order chi connectivity index (χ1) is 9.91. The zero-order valence-corrected chi connectivity index (χ0v) is 13.1. The van der Waals surface area contributed by atoms with Gasteiger partial charge in [0, 0.05) is 13.1 Å². The maximum atomic E-state index is 12.6. The molecular weight excluding hydrogens is 290 g/mol. The number of likely N-dealkylation sites (N-methyl/N-ethyl adjacent to an activating group) is 1. The minimum absolute atomic E-state index is 0.0837. The van der Waals surface area contributed by atoms with Crippen LogP contribution in [0, 0.1) is 6.92 Å². The molecule has 1 aromatic heterocycles. The number of nitrogens with zero attached hydrogens (tertiary/aromatic N) is 2. The van der Waals surface area contributed by atoms with Crippen molar-refractivity contribution >= 4 is 11.6 Å². The van der Waals surface area contributed by atoms with E-state index in [1.165, 1.54) is 4.57 Å². The zero-order chi connectivity index (χ0) is 15.6. The lowest BCUT2D eigenvalue weighted by molar-refractivity contribution is 0.376. The third kappa shape index (κ3) is 3.25. The molecule has 0 aliphatic rings. The van der Waals surface area contributed by atoms with E-state index in [9.17, 15) is 9.59 Å². The molecule has 0 atom stereocenters. The second-order valence-electron chi connectivity index (χ2n) is 5.19. The molecule has 0 unspecified atom stereocenters. The van der Waals surface area contributed by atoms with Gasteiger partial charge in [-0.3, -0.25) is 14.3 Å². The quantitative estimate of drug-likeness (QED) is 0.875. The van der Waals surface area contributed by atoms with Crippen molar-refractivity contribution in [2.45, 2.75) is 13.5 Å². The number of aryl methyl sites for hydroxylation is 1. The largest absolute Gasteiger partial charge is 0.329 e. The molecule has 0 saturated carbocycles. The van der Waals surface area contributed by atoms with Crippen LogP contribution in [0.1, 0.15) is 5.56 Å². The summed E-state index contributed by atoms with van der Waals surface area (Å²) in [5.41, 5.74) is 1.17. The van der Waals surface area contributed by atoms with E-state index < -0.39 is 5.69 Å². The van der Waals surface area contributed by atoms with Gasteiger partial charge in [-0.15, -0.1) is 0 Å². The van der Waals surface area contributed by atoms with Crippen LogP contribution in [-0.4, -0.2) is 35.1 Å². The Morgan fingerprint density at radius 1 is 1.24 bits per heavy atom. The van der Waals surface area contributed by atoms with Gasteiger partial charge in [-0.05, 0) is 32.1 Å². The van der Waals surface area contributed by atoms with Gasteiger partial charge in [0.15, 0.2) is 0 Å². The van der Waals surface area contributed by atoms with E-state index in [0.29, 0.717) is 18.7 Å². The molecule has 21 heavy (non-hydrogen) atoms. The molecule has 0 radical (unpaired) electrons. The highest BCUT2D eigenvalue weighted by molar-refractivity contribution is 6.32. The minimum atomic E-state index is -0.482. The van der Waals surface area contributed by atoms with Gasteiger partial charge in [-0.2, -0.15) is 0 Å². The van der Waals surface area contributed by atoms with Gasteiger partial charge in [0.25, 0.3) is 5.56 Å². The van der Waals surface area contributed by atoms with Crippen LogP contribution in [0.25, 0.3) is 11.1 Å². The Balaban J connectivity index is 2.63. The van der Waals surface area contributed by atoms with Gasteiger partial charge >= 0.3 is 5.69 Å². The van der Waals surface area contributed by atoms with Crippen LogP contribution in [0.2, 0.25) is 5.15 Å². The van der Waals surface area contributed by atoms with Crippen molar-refractivity contribution in [3.05, 3.63) is 55.8 Å². The molecule has 0 aliphatic carbocycles. The summed E-state index contributed by atoms with van der Waals surface area (Å²) in [5.74, 6) is 0. The molecule has 0 aliphatic heterocycles. The maximum Gasteiger partial charge on any atom is 0.329 e. The molecule has 5 nitrogen and oxygen atoms in total. The summed E-state index contributed by atoms with van der Waals surface area (Å²) >= 11 is 6.10. The first-order valence-corrected chi connectivity index (χ1v) is 7.03. The predicted octanol–water partition coefficient (Wildman–Crippen LogP) is 1.73. The molecule has 0 spiro atoms. The molecule has 2 aromatic rings. The molecule has 1 N–H and O–H groups in total. The number of hydrogen-bond donors (Lipinski definition) is 1. The van der Waals surface area contributed by atoms with E-state index in [1.54, 1.807) is 0 Å². The third-order valence-electron chi connectivity index (χ3n) is 3.33. The van der Waals surface area contributed by atoms with Gasteiger partial charge in [-0.25, -0.2) is 4.79 Å². The van der Waals surface area contributed by atoms with E-state index in [1.807, 2.05) is 50.2 Å². The van der Waals surface area contributed by atoms with Gasteiger partial charge < -0.3 is 4.90 Å². The van der Waals surface area contributed by atoms with Crippen LogP contribution in [-0.2, 0) is 6.54 Å². The summed E-state index contributed by atoms with van der Waals surface area (Å²) in [5, 5.41) is 0.0837. The molecule has 112 valence electrons. The van der Waals surface area contributed by atoms with E-state index in [4.69, 9.17) is 11.6 Å². The Morgan fingerprint density at radius 2 is 1.90 bits per heavy atom. The number of rotatable bonds is 4. The number of H-pyrrole nitrogens is 1. The van der Waals surface area contributed by atoms with Crippen molar-refractivity contribution in [3.8, 4) is 11.1 Å². The van der Waals surface area contributed by atoms with Crippen molar-refractivity contribution in [1.29, 1.82) is 0 Å². The highest BCUT2D eigenvalue weighted by atomic mass is 35.5. The first-order valence-electron chi connectivity index (χ1n) is 6.65. The second-order valence-corrected chi connectivity index (χ2v) is 5.57. The van der Waals surface area contributed by atoms with Crippen LogP contribution < -0.4 is 11.2 Å². The summed E-state index contributed by atoms with van der Waals surface area (Å²) in [6.45, 7) is 2.81. The fourth-order valence-electron chi connectivity index (χ4n) is 2.13. The van der Waals surface area contributed by atoms with E-state index >= 15 is 0 Å². The molecule has 0 amide bonds. The lowest BCUT2D eigenvalue weighted by Crippen LogP contribution is -2.38. The predicted molar refractivity (Wildman–Crippen MR) is 85.1 cm³/mol. The Kier molecular flexibility index (Phi) is 4.65. The standard InChI is InChI=1S/C15H18ClN3O2/c1-10-6-4-5-7-11(10)12-13(16)17-15(21)19(14(12)20)9-8-18(2)3/h4-7H,8-9H2,1-3H3,(H,17,21). The van der Waals surface area contributed by atoms with Crippen molar-refractivity contribution in [2.75, 3.05) is 20.6 Å². The highest BCUT2D eigenvalue weighted by Gasteiger charge is 2.16. The number of benzene rings is 1. The Labute approximate surface area is 127 Å². The Morgan fingerprint density at radius 3 is 2.52 bits per heavy atom. The Hall–Kier alpha value is -1.85. The average Bonchev–Trinajstić information content (AvgIpc) is 2.40. The van der Waals surface area contributed by atoms with Gasteiger partial charge in [-0.1, -0.05) is 35.9 Å². The molecule has 1 aromatic carbocycles. The van der Waals surface area contributed by atoms with Crippen molar-refractivity contribution < 1.29 is 0 Å². The SMILES string of the molecule is Cc1ccccc1-c1c(Cl)[nH]c(=O)n(CCN(C)C)c1=O. The zero-order valence-electron chi connectivity index (χ0n) is 12.3. The summed E-state index contributed by atoms with van der Waals surface area (Å²) in [6.07, 6.45) is 0. The summed E-state index contributed by atoms with van der Waals surface area (Å²) < 4.78 is 1.19. The van der Waals surface area contributed by atoms with Crippen molar-refractivity contribution in [2.24, 2.45) is 0 Å². The van der Waals surface area contributed by atoms with Crippen LogP contribution >= 0.6 is 11.6 Å². The second kappa shape index (κ2) is 6.28. The molecule has 0 bridgehead atoms. The van der Waals surface area contributed by atoms with E-state index in [2.05, 4.69) is 4.98 Å². The highest BCUT2D eigenvalue weighted by Crippen LogP contribution is 2.24. The fraction of sp³-hybridized carbons (Fsp3) is 0.333. The van der Waals surface area contributed by atoms with Gasteiger partial charge in [0.2, 0.25) is 0 Å². The van der Waals surface area contributed by atoms with Crippen LogP contribution in [0.15, 0.2) is 33.9 Å². The molecule has 1 heterocycles. The molecule has 0 saturated heterocycles. The topological polar surface area (TPSA) is 58.1 Å². The van der Waals surface area contributed by atoms with Crippen molar-refractivity contribution in [1.82, 2.24) is 14.5 Å². The van der Waals surface area contributed by atoms with Crippen LogP contribution in [0.4, 0.5) is 0 Å². The number of halogens is 1. The van der Waals surface area contributed by atoms with Crippen molar-refractivity contribution in [3.63, 3.8) is 0 Å². The molecule has 0 fully saturated rings. The van der Waals surface area contributed by atoms with Gasteiger partial charge in [0.05, 0.1) is 5.56 Å². The third-order valence-corrected chi connectivity index (χ3v) is 3.61. The summed E-state index contributed by atoms with van der Waals surface area (Å²) in [4.78, 5) is 29.0. The Bertz CT molecular complexity index is 762. The first kappa shape index (κ1) is 15.5. The lowest BCUT2D eigenvalue weighted by atomic mass is 10.0.